The topological polar surface area (TPSA) is 108 Å². The molecule has 0 amide bonds. The predicted molar refractivity (Wildman–Crippen MR) is 90.4 cm³/mol. The minimum Gasteiger partial charge on any atom is -0.508 e. The van der Waals surface area contributed by atoms with Crippen LogP contribution in [0.15, 0.2) is 65.1 Å². The van der Waals surface area contributed by atoms with E-state index in [2.05, 4.69) is 25.8 Å². The maximum absolute atomic E-state index is 9.43. The second-order valence-corrected chi connectivity index (χ2v) is 4.80. The van der Waals surface area contributed by atoms with E-state index < -0.39 is 0 Å². The fraction of sp³-hybridized carbons (Fsp3) is 0. The highest BCUT2D eigenvalue weighted by Gasteiger charge is 2.00. The molecule has 120 valence electrons. The molecule has 24 heavy (non-hydrogen) atoms. The highest BCUT2D eigenvalue weighted by molar-refractivity contribution is 5.81. The van der Waals surface area contributed by atoms with E-state index in [1.165, 1.54) is 17.2 Å². The Morgan fingerprint density at radius 2 is 1.62 bits per heavy atom. The first-order valence-electron chi connectivity index (χ1n) is 7.02. The Labute approximate surface area is 137 Å². The second kappa shape index (κ2) is 7.05. The van der Waals surface area contributed by atoms with Crippen molar-refractivity contribution in [2.75, 3.05) is 5.43 Å². The van der Waals surface area contributed by atoms with Gasteiger partial charge in [-0.3, -0.25) is 0 Å². The van der Waals surface area contributed by atoms with Crippen molar-refractivity contribution in [2.24, 2.45) is 10.2 Å². The van der Waals surface area contributed by atoms with E-state index in [1.54, 1.807) is 54.7 Å². The van der Waals surface area contributed by atoms with Gasteiger partial charge in [-0.1, -0.05) is 24.3 Å². The maximum atomic E-state index is 9.43. The van der Waals surface area contributed by atoms with E-state index in [-0.39, 0.29) is 11.5 Å². The van der Waals surface area contributed by atoms with Crippen molar-refractivity contribution >= 4 is 18.4 Å². The van der Waals surface area contributed by atoms with Crippen LogP contribution in [0.4, 0.5) is 5.95 Å². The van der Waals surface area contributed by atoms with Crippen LogP contribution in [0.1, 0.15) is 11.1 Å². The van der Waals surface area contributed by atoms with Gasteiger partial charge in [0.1, 0.15) is 17.8 Å². The minimum absolute atomic E-state index is 0.164. The highest BCUT2D eigenvalue weighted by atomic mass is 16.3. The molecule has 0 atom stereocenters. The molecular weight excluding hydrogens is 308 g/mol. The number of rotatable bonds is 5. The third-order valence-corrected chi connectivity index (χ3v) is 2.98. The van der Waals surface area contributed by atoms with Crippen LogP contribution in [-0.2, 0) is 0 Å². The van der Waals surface area contributed by atoms with Crippen molar-refractivity contribution in [2.45, 2.75) is 0 Å². The number of phenols is 2. The number of aromatic nitrogens is 3. The lowest BCUT2D eigenvalue weighted by molar-refractivity contribution is 0.474. The number of benzene rings is 2. The third-order valence-electron chi connectivity index (χ3n) is 2.98. The van der Waals surface area contributed by atoms with Crippen molar-refractivity contribution in [1.82, 2.24) is 14.9 Å². The second-order valence-electron chi connectivity index (χ2n) is 4.80. The van der Waals surface area contributed by atoms with Crippen molar-refractivity contribution in [3.05, 3.63) is 66.0 Å². The van der Waals surface area contributed by atoms with Gasteiger partial charge < -0.3 is 10.2 Å². The summed E-state index contributed by atoms with van der Waals surface area (Å²) < 4.78 is 1.41. The summed E-state index contributed by atoms with van der Waals surface area (Å²) in [4.78, 5) is 0. The molecule has 0 spiro atoms. The van der Waals surface area contributed by atoms with Gasteiger partial charge in [0.25, 0.3) is 5.95 Å². The minimum atomic E-state index is 0.164. The molecule has 0 aliphatic carbocycles. The van der Waals surface area contributed by atoms with Gasteiger partial charge in [0, 0.05) is 0 Å². The Morgan fingerprint density at radius 3 is 2.29 bits per heavy atom. The first-order valence-corrected chi connectivity index (χ1v) is 7.02. The number of aromatic hydroxyl groups is 2. The molecule has 0 fully saturated rings. The van der Waals surface area contributed by atoms with Gasteiger partial charge in [0.15, 0.2) is 0 Å². The molecule has 0 bridgehead atoms. The van der Waals surface area contributed by atoms with E-state index in [1.807, 2.05) is 0 Å². The Bertz CT molecular complexity index is 888. The number of hydrogen-bond acceptors (Lipinski definition) is 7. The molecule has 8 nitrogen and oxygen atoms in total. The Balaban J connectivity index is 1.69. The Kier molecular flexibility index (Phi) is 4.47. The summed E-state index contributed by atoms with van der Waals surface area (Å²) in [6.45, 7) is 0. The summed E-state index contributed by atoms with van der Waals surface area (Å²) in [6.07, 6.45) is 4.52. The molecular formula is C16H14N6O2. The smallest absolute Gasteiger partial charge is 0.265 e. The molecule has 0 aliphatic heterocycles. The standard InChI is InChI=1S/C16H14N6O2/c23-14-5-1-3-12(7-14)9-17-20-16-21-18-11-22(16)19-10-13-4-2-6-15(24)8-13/h1-11,23-24H,(H,20,21)/b17-9+,19-10-. The van der Waals surface area contributed by atoms with Gasteiger partial charge >= 0.3 is 0 Å². The van der Waals surface area contributed by atoms with Crippen LogP contribution >= 0.6 is 0 Å². The van der Waals surface area contributed by atoms with Crippen molar-refractivity contribution < 1.29 is 10.2 Å². The fourth-order valence-electron chi connectivity index (χ4n) is 1.89. The van der Waals surface area contributed by atoms with Gasteiger partial charge in [-0.15, -0.1) is 10.2 Å². The molecule has 0 saturated heterocycles. The summed E-state index contributed by atoms with van der Waals surface area (Å²) >= 11 is 0. The lowest BCUT2D eigenvalue weighted by atomic mass is 10.2. The molecule has 3 rings (SSSR count). The lowest BCUT2D eigenvalue weighted by Crippen LogP contribution is -1.99. The zero-order chi connectivity index (χ0) is 16.8. The first-order chi connectivity index (χ1) is 11.7. The molecule has 1 aromatic heterocycles. The van der Waals surface area contributed by atoms with Crippen LogP contribution in [0.3, 0.4) is 0 Å². The van der Waals surface area contributed by atoms with E-state index in [4.69, 9.17) is 0 Å². The number of phenolic OH excluding ortho intramolecular Hbond substituents is 2. The first kappa shape index (κ1) is 15.2. The van der Waals surface area contributed by atoms with Gasteiger partial charge in [0.05, 0.1) is 12.4 Å². The molecule has 0 saturated carbocycles. The van der Waals surface area contributed by atoms with Crippen LogP contribution in [0.25, 0.3) is 0 Å². The molecule has 0 aliphatic rings. The molecule has 1 heterocycles. The number of hydrazone groups is 1. The average molecular weight is 322 g/mol. The van der Waals surface area contributed by atoms with E-state index >= 15 is 0 Å². The molecule has 0 unspecified atom stereocenters. The number of nitrogens with one attached hydrogen (secondary N) is 1. The van der Waals surface area contributed by atoms with Gasteiger partial charge in [-0.25, -0.2) is 5.43 Å². The quantitative estimate of drug-likeness (QED) is 0.492. The van der Waals surface area contributed by atoms with Crippen LogP contribution in [0, 0.1) is 0 Å². The third kappa shape index (κ3) is 3.95. The van der Waals surface area contributed by atoms with Crippen LogP contribution in [-0.4, -0.2) is 37.5 Å². The predicted octanol–water partition coefficient (Wildman–Crippen LogP) is 2.02. The SMILES string of the molecule is Oc1cccc(/C=N\n2cnnc2N/N=C/c2cccc(O)c2)c1. The summed E-state index contributed by atoms with van der Waals surface area (Å²) in [7, 11) is 0. The van der Waals surface area contributed by atoms with E-state index in [0.29, 0.717) is 5.95 Å². The van der Waals surface area contributed by atoms with Gasteiger partial charge in [-0.2, -0.15) is 14.9 Å². The largest absolute Gasteiger partial charge is 0.508 e. The summed E-state index contributed by atoms with van der Waals surface area (Å²) in [5.74, 6) is 0.650. The highest BCUT2D eigenvalue weighted by Crippen LogP contribution is 2.10. The molecule has 3 N–H and O–H groups in total. The van der Waals surface area contributed by atoms with Crippen LogP contribution in [0.2, 0.25) is 0 Å². The lowest BCUT2D eigenvalue weighted by Gasteiger charge is -1.99. The van der Waals surface area contributed by atoms with Gasteiger partial charge in [-0.05, 0) is 35.4 Å². The summed E-state index contributed by atoms with van der Waals surface area (Å²) in [5.41, 5.74) is 4.19. The molecule has 8 heteroatoms. The van der Waals surface area contributed by atoms with Crippen molar-refractivity contribution in [1.29, 1.82) is 0 Å². The Morgan fingerprint density at radius 1 is 0.958 bits per heavy atom. The number of hydrogen-bond donors (Lipinski definition) is 3. The van der Waals surface area contributed by atoms with Crippen molar-refractivity contribution in [3.63, 3.8) is 0 Å². The number of anilines is 1. The summed E-state index contributed by atoms with van der Waals surface area (Å²) in [6, 6.07) is 13.4. The maximum Gasteiger partial charge on any atom is 0.265 e. The zero-order valence-corrected chi connectivity index (χ0v) is 12.5. The molecule has 0 radical (unpaired) electrons. The van der Waals surface area contributed by atoms with E-state index in [9.17, 15) is 10.2 Å². The van der Waals surface area contributed by atoms with Crippen LogP contribution < -0.4 is 5.43 Å². The monoisotopic (exact) mass is 322 g/mol. The van der Waals surface area contributed by atoms with Gasteiger partial charge in [0.2, 0.25) is 0 Å². The van der Waals surface area contributed by atoms with Crippen LogP contribution in [0.5, 0.6) is 11.5 Å². The Hall–Kier alpha value is -3.68. The molecule has 3 aromatic rings. The normalized spacial score (nSPS) is 11.3. The zero-order valence-electron chi connectivity index (χ0n) is 12.5. The fourth-order valence-corrected chi connectivity index (χ4v) is 1.89. The van der Waals surface area contributed by atoms with Crippen molar-refractivity contribution in [3.8, 4) is 11.5 Å². The molecule has 2 aromatic carbocycles. The average Bonchev–Trinajstić information content (AvgIpc) is 3.01. The summed E-state index contributed by atoms with van der Waals surface area (Å²) in [5, 5.41) is 34.7. The number of nitrogens with zero attached hydrogens (tertiary/aromatic N) is 5. The van der Waals surface area contributed by atoms with E-state index in [0.717, 1.165) is 11.1 Å².